The van der Waals surface area contributed by atoms with Gasteiger partial charge in [-0.1, -0.05) is 72.6 Å². The third-order valence-electron chi connectivity index (χ3n) is 8.38. The Labute approximate surface area is 257 Å². The van der Waals surface area contributed by atoms with Crippen LogP contribution in [0.1, 0.15) is 68.4 Å². The van der Waals surface area contributed by atoms with Crippen LogP contribution in [0.15, 0.2) is 65.9 Å². The molecule has 228 valence electrons. The van der Waals surface area contributed by atoms with Gasteiger partial charge in [0.1, 0.15) is 30.1 Å². The fourth-order valence-electron chi connectivity index (χ4n) is 6.11. The van der Waals surface area contributed by atoms with Gasteiger partial charge in [-0.15, -0.1) is 11.5 Å². The molecule has 1 aromatic heterocycles. The molecule has 0 unspecified atom stereocenters. The quantitative estimate of drug-likeness (QED) is 0.129. The van der Waals surface area contributed by atoms with Crippen LogP contribution < -0.4 is 4.74 Å². The molecule has 2 amide bonds. The van der Waals surface area contributed by atoms with Gasteiger partial charge >= 0.3 is 0 Å². The first-order valence-corrected chi connectivity index (χ1v) is 15.2. The van der Waals surface area contributed by atoms with Gasteiger partial charge in [0, 0.05) is 18.0 Å². The molecular weight excluding hydrogens is 556 g/mol. The first kappa shape index (κ1) is 30.6. The van der Waals surface area contributed by atoms with E-state index in [2.05, 4.69) is 26.3 Å². The third-order valence-corrected chi connectivity index (χ3v) is 8.38. The average Bonchev–Trinajstić information content (AvgIpc) is 3.81. The van der Waals surface area contributed by atoms with E-state index in [0.717, 1.165) is 30.4 Å². The molecular formula is C33H38N8O3. The molecule has 44 heavy (non-hydrogen) atoms. The van der Waals surface area contributed by atoms with Crippen molar-refractivity contribution in [3.8, 4) is 18.1 Å². The summed E-state index contributed by atoms with van der Waals surface area (Å²) in [6, 6.07) is 15.4. The highest BCUT2D eigenvalue weighted by molar-refractivity contribution is 5.83. The maximum atomic E-state index is 13.8. The summed E-state index contributed by atoms with van der Waals surface area (Å²) >= 11 is 0. The lowest BCUT2D eigenvalue weighted by Gasteiger charge is -2.28. The summed E-state index contributed by atoms with van der Waals surface area (Å²) < 4.78 is 7.49. The maximum absolute atomic E-state index is 13.8. The molecule has 0 saturated carbocycles. The number of aromatic nitrogens is 3. The predicted molar refractivity (Wildman–Crippen MR) is 165 cm³/mol. The van der Waals surface area contributed by atoms with Crippen molar-refractivity contribution < 1.29 is 14.3 Å². The molecule has 2 aliphatic rings. The van der Waals surface area contributed by atoms with E-state index in [-0.39, 0.29) is 36.2 Å². The summed E-state index contributed by atoms with van der Waals surface area (Å²) in [5, 5.41) is 12.6. The predicted octanol–water partition coefficient (Wildman–Crippen LogP) is 5.26. The summed E-state index contributed by atoms with van der Waals surface area (Å²) in [6.07, 6.45) is 10.9. The summed E-state index contributed by atoms with van der Waals surface area (Å²) in [4.78, 5) is 33.8. The molecule has 0 N–H and O–H groups in total. The van der Waals surface area contributed by atoms with Crippen molar-refractivity contribution in [1.29, 1.82) is 0 Å². The minimum Gasteiger partial charge on any atom is -0.489 e. The van der Waals surface area contributed by atoms with Crippen molar-refractivity contribution >= 4 is 11.8 Å². The van der Waals surface area contributed by atoms with Crippen LogP contribution in [0, 0.1) is 18.3 Å². The van der Waals surface area contributed by atoms with Crippen molar-refractivity contribution in [2.24, 2.45) is 11.0 Å². The topological polar surface area (TPSA) is 129 Å². The Kier molecular flexibility index (Phi) is 9.82. The Morgan fingerprint density at radius 2 is 1.77 bits per heavy atom. The van der Waals surface area contributed by atoms with E-state index in [9.17, 15) is 15.1 Å². The number of carbonyl (C=O) groups excluding carboxylic acids is 2. The van der Waals surface area contributed by atoms with E-state index in [0.29, 0.717) is 37.6 Å². The number of nitrogens with zero attached hydrogens (tertiary/aromatic N) is 8. The van der Waals surface area contributed by atoms with Crippen LogP contribution in [0.4, 0.5) is 0 Å². The minimum atomic E-state index is -0.910. The van der Waals surface area contributed by atoms with Crippen LogP contribution in [0.5, 0.6) is 5.75 Å². The van der Waals surface area contributed by atoms with E-state index >= 15 is 0 Å². The van der Waals surface area contributed by atoms with E-state index in [1.54, 1.807) is 20.7 Å². The fraction of sp³-hybridized carbons (Fsp3) is 0.455. The second-order valence-corrected chi connectivity index (χ2v) is 11.7. The van der Waals surface area contributed by atoms with Crippen LogP contribution in [0.3, 0.4) is 0 Å². The van der Waals surface area contributed by atoms with Gasteiger partial charge in [0.2, 0.25) is 11.8 Å². The molecule has 2 aliphatic heterocycles. The van der Waals surface area contributed by atoms with Gasteiger partial charge in [-0.2, -0.15) is 0 Å². The number of azide groups is 1. The zero-order valence-corrected chi connectivity index (χ0v) is 25.2. The second-order valence-electron chi connectivity index (χ2n) is 11.7. The van der Waals surface area contributed by atoms with Crippen LogP contribution >= 0.6 is 0 Å². The highest BCUT2D eigenvalue weighted by atomic mass is 16.5. The molecule has 0 radical (unpaired) electrons. The molecule has 5 rings (SSSR count). The lowest BCUT2D eigenvalue weighted by molar-refractivity contribution is -0.136. The van der Waals surface area contributed by atoms with E-state index in [4.69, 9.17) is 11.2 Å². The Morgan fingerprint density at radius 3 is 2.48 bits per heavy atom. The van der Waals surface area contributed by atoms with Gasteiger partial charge in [-0.25, -0.2) is 4.68 Å². The normalized spacial score (nSPS) is 19.3. The van der Waals surface area contributed by atoms with E-state index < -0.39 is 12.1 Å². The molecule has 3 aromatic rings. The molecule has 11 heteroatoms. The summed E-state index contributed by atoms with van der Waals surface area (Å²) in [7, 11) is 0. The summed E-state index contributed by atoms with van der Waals surface area (Å²) in [5.41, 5.74) is 11.8. The number of carbonyl (C=O) groups is 2. The van der Waals surface area contributed by atoms with Crippen LogP contribution in [0.2, 0.25) is 0 Å². The molecule has 2 saturated heterocycles. The van der Waals surface area contributed by atoms with Crippen molar-refractivity contribution in [2.45, 2.75) is 76.7 Å². The van der Waals surface area contributed by atoms with Crippen molar-refractivity contribution in [3.05, 3.63) is 88.1 Å². The van der Waals surface area contributed by atoms with Crippen LogP contribution in [0.25, 0.3) is 10.4 Å². The van der Waals surface area contributed by atoms with Gasteiger partial charge in [0.05, 0.1) is 18.3 Å². The maximum Gasteiger partial charge on any atom is 0.248 e. The molecule has 4 atom stereocenters. The Balaban J connectivity index is 1.26. The number of likely N-dealkylation sites (tertiary alicyclic amines) is 2. The highest BCUT2D eigenvalue weighted by Crippen LogP contribution is 2.33. The average molecular weight is 595 g/mol. The van der Waals surface area contributed by atoms with Crippen molar-refractivity contribution in [2.75, 3.05) is 13.1 Å². The first-order chi connectivity index (χ1) is 21.4. The molecule has 2 aromatic carbocycles. The third kappa shape index (κ3) is 6.87. The first-order valence-electron chi connectivity index (χ1n) is 15.2. The van der Waals surface area contributed by atoms with Gasteiger partial charge < -0.3 is 14.5 Å². The largest absolute Gasteiger partial charge is 0.489 e. The monoisotopic (exact) mass is 594 g/mol. The Hall–Kier alpha value is -4.81. The SMILES string of the molecule is C#C[C@@H]1CCCN1C(=O)[C@@H](C(C)C)n1cc([C@@H]2CCCN2C(=O)[C@H](Cc2ccc(OCc3ccccc3)cc2)N=[N+]=[N-])nn1. The van der Waals surface area contributed by atoms with E-state index in [1.807, 2.05) is 68.4 Å². The minimum absolute atomic E-state index is 0.0399. The molecule has 3 heterocycles. The Bertz CT molecular complexity index is 1520. The van der Waals surface area contributed by atoms with Gasteiger partial charge in [0.15, 0.2) is 0 Å². The molecule has 11 nitrogen and oxygen atoms in total. The number of hydrogen-bond donors (Lipinski definition) is 0. The number of amides is 2. The second kappa shape index (κ2) is 14.1. The van der Waals surface area contributed by atoms with Crippen molar-refractivity contribution in [3.63, 3.8) is 0 Å². The lowest BCUT2D eigenvalue weighted by Crippen LogP contribution is -2.42. The van der Waals surface area contributed by atoms with Crippen LogP contribution in [-0.4, -0.2) is 61.8 Å². The summed E-state index contributed by atoms with van der Waals surface area (Å²) in [6.45, 7) is 5.56. The number of ether oxygens (including phenoxy) is 1. The lowest BCUT2D eigenvalue weighted by atomic mass is 10.0. The van der Waals surface area contributed by atoms with Crippen molar-refractivity contribution in [1.82, 2.24) is 24.8 Å². The number of benzene rings is 2. The number of rotatable bonds is 11. The number of terminal acetylenes is 1. The highest BCUT2D eigenvalue weighted by Gasteiger charge is 2.38. The van der Waals surface area contributed by atoms with Gasteiger partial charge in [0.25, 0.3) is 0 Å². The Morgan fingerprint density at radius 1 is 1.05 bits per heavy atom. The van der Waals surface area contributed by atoms with Gasteiger partial charge in [-0.3, -0.25) is 9.59 Å². The molecule has 2 fully saturated rings. The van der Waals surface area contributed by atoms with E-state index in [1.165, 1.54) is 0 Å². The molecule has 0 bridgehead atoms. The van der Waals surface area contributed by atoms with Crippen LogP contribution in [-0.2, 0) is 22.6 Å². The smallest absolute Gasteiger partial charge is 0.248 e. The fourth-order valence-corrected chi connectivity index (χ4v) is 6.11. The number of hydrogen-bond acceptors (Lipinski definition) is 6. The zero-order chi connectivity index (χ0) is 31.1. The molecule has 0 spiro atoms. The standard InChI is InChI=1S/C33H38N8O3/c1-4-26-12-8-18-39(26)33(43)31(23(2)3)41-21-29(36-38-41)30-13-9-19-40(30)32(42)28(35-37-34)20-24-14-16-27(17-15-24)44-22-25-10-6-5-7-11-25/h1,5-7,10-11,14-17,21,23,26,28,30-31H,8-9,12-13,18-20,22H2,2-3H3/t26-,28+,30+,31-/m1/s1. The van der Waals surface area contributed by atoms with Gasteiger partial charge in [-0.05, 0) is 66.8 Å². The summed E-state index contributed by atoms with van der Waals surface area (Å²) in [5.74, 6) is 3.09. The zero-order valence-electron chi connectivity index (χ0n) is 25.2. The molecule has 0 aliphatic carbocycles.